The third-order valence-electron chi connectivity index (χ3n) is 2.51. The minimum absolute atomic E-state index is 0.104. The molecule has 0 amide bonds. The average molecular weight is 234 g/mol. The van der Waals surface area contributed by atoms with E-state index in [-0.39, 0.29) is 12.7 Å². The quantitative estimate of drug-likeness (QED) is 0.845. The fraction of sp³-hybridized carbons (Fsp3) is 0.467. The second-order valence-electron chi connectivity index (χ2n) is 4.77. The first-order valence-corrected chi connectivity index (χ1v) is 6.11. The third kappa shape index (κ3) is 4.61. The van der Waals surface area contributed by atoms with Crippen molar-refractivity contribution in [3.8, 4) is 5.75 Å². The van der Waals surface area contributed by atoms with Gasteiger partial charge in [0.25, 0.3) is 0 Å². The molecule has 0 aliphatic rings. The van der Waals surface area contributed by atoms with E-state index in [1.54, 1.807) is 0 Å². The summed E-state index contributed by atoms with van der Waals surface area (Å²) in [5, 5.41) is 9.27. The second kappa shape index (κ2) is 6.45. The second-order valence-corrected chi connectivity index (χ2v) is 4.77. The minimum atomic E-state index is 0.104. The van der Waals surface area contributed by atoms with Crippen molar-refractivity contribution in [1.82, 2.24) is 0 Å². The average Bonchev–Trinajstić information content (AvgIpc) is 2.25. The van der Waals surface area contributed by atoms with Gasteiger partial charge in [0.1, 0.15) is 5.75 Å². The number of ether oxygens (including phenoxy) is 1. The van der Waals surface area contributed by atoms with E-state index in [1.807, 2.05) is 44.2 Å². The van der Waals surface area contributed by atoms with Crippen LogP contribution in [-0.4, -0.2) is 17.8 Å². The fourth-order valence-electron chi connectivity index (χ4n) is 1.56. The molecule has 0 radical (unpaired) electrons. The molecule has 0 spiro atoms. The molecule has 0 unspecified atom stereocenters. The molecule has 1 N–H and O–H groups in total. The van der Waals surface area contributed by atoms with Crippen molar-refractivity contribution >= 4 is 6.08 Å². The van der Waals surface area contributed by atoms with Crippen molar-refractivity contribution in [3.63, 3.8) is 0 Å². The number of hydrogen-bond acceptors (Lipinski definition) is 2. The Labute approximate surface area is 104 Å². The topological polar surface area (TPSA) is 29.5 Å². The van der Waals surface area contributed by atoms with Gasteiger partial charge in [0.2, 0.25) is 0 Å². The molecule has 1 rings (SSSR count). The molecule has 0 saturated carbocycles. The van der Waals surface area contributed by atoms with Crippen molar-refractivity contribution in [2.75, 3.05) is 6.61 Å². The van der Waals surface area contributed by atoms with E-state index < -0.39 is 0 Å². The van der Waals surface area contributed by atoms with Crippen molar-refractivity contribution in [2.24, 2.45) is 5.92 Å². The summed E-state index contributed by atoms with van der Waals surface area (Å²) in [5.74, 6) is 1.23. The van der Waals surface area contributed by atoms with Crippen LogP contribution in [0.15, 0.2) is 29.8 Å². The fourth-order valence-corrected chi connectivity index (χ4v) is 1.56. The summed E-state index contributed by atoms with van der Waals surface area (Å²) < 4.78 is 5.64. The highest BCUT2D eigenvalue weighted by molar-refractivity contribution is 5.55. The molecule has 0 saturated heterocycles. The van der Waals surface area contributed by atoms with Gasteiger partial charge in [-0.15, -0.1) is 0 Å². The zero-order chi connectivity index (χ0) is 12.8. The zero-order valence-corrected chi connectivity index (χ0v) is 11.1. The van der Waals surface area contributed by atoms with Gasteiger partial charge in [0.05, 0.1) is 12.7 Å². The first-order valence-electron chi connectivity index (χ1n) is 6.11. The maximum atomic E-state index is 9.27. The first kappa shape index (κ1) is 13.8. The number of aliphatic hydroxyl groups is 1. The zero-order valence-electron chi connectivity index (χ0n) is 11.1. The van der Waals surface area contributed by atoms with Crippen LogP contribution >= 0.6 is 0 Å². The minimum Gasteiger partial charge on any atom is -0.491 e. The summed E-state index contributed by atoms with van der Waals surface area (Å²) >= 11 is 0. The Morgan fingerprint density at radius 2 is 2.00 bits per heavy atom. The Hall–Kier alpha value is -1.28. The van der Waals surface area contributed by atoms with Crippen molar-refractivity contribution in [2.45, 2.75) is 33.8 Å². The highest BCUT2D eigenvalue weighted by Gasteiger charge is 2.03. The van der Waals surface area contributed by atoms with Crippen LogP contribution in [-0.2, 0) is 0 Å². The van der Waals surface area contributed by atoms with E-state index >= 15 is 0 Å². The molecule has 2 heteroatoms. The van der Waals surface area contributed by atoms with E-state index in [4.69, 9.17) is 4.74 Å². The van der Waals surface area contributed by atoms with Crippen LogP contribution in [0.1, 0.15) is 33.3 Å². The molecule has 1 aromatic carbocycles. The molecule has 0 atom stereocenters. The van der Waals surface area contributed by atoms with Crippen LogP contribution in [0.3, 0.4) is 0 Å². The van der Waals surface area contributed by atoms with Crippen LogP contribution in [0, 0.1) is 5.92 Å². The lowest BCUT2D eigenvalue weighted by atomic mass is 10.0. The van der Waals surface area contributed by atoms with Gasteiger partial charge in [-0.2, -0.15) is 0 Å². The lowest BCUT2D eigenvalue weighted by Crippen LogP contribution is -2.05. The van der Waals surface area contributed by atoms with E-state index in [9.17, 15) is 5.11 Å². The van der Waals surface area contributed by atoms with E-state index in [0.29, 0.717) is 5.92 Å². The summed E-state index contributed by atoms with van der Waals surface area (Å²) in [5.41, 5.74) is 2.10. The smallest absolute Gasteiger partial charge is 0.120 e. The molecule has 1 aromatic rings. The molecule has 2 nitrogen and oxygen atoms in total. The van der Waals surface area contributed by atoms with Crippen LogP contribution < -0.4 is 4.74 Å². The summed E-state index contributed by atoms with van der Waals surface area (Å²) in [6.45, 7) is 8.28. The van der Waals surface area contributed by atoms with Crippen molar-refractivity contribution in [3.05, 3.63) is 35.4 Å². The lowest BCUT2D eigenvalue weighted by Gasteiger charge is -2.11. The number of benzene rings is 1. The molecule has 0 aliphatic heterocycles. The summed E-state index contributed by atoms with van der Waals surface area (Å²) in [4.78, 5) is 0. The number of aliphatic hydroxyl groups excluding tert-OH is 1. The van der Waals surface area contributed by atoms with Crippen LogP contribution in [0.4, 0.5) is 0 Å². The largest absolute Gasteiger partial charge is 0.491 e. The SMILES string of the molecule is CC(C)Oc1cccc(C=C(CO)C(C)C)c1. The number of hydrogen-bond donors (Lipinski definition) is 1. The van der Waals surface area contributed by atoms with Gasteiger partial charge < -0.3 is 9.84 Å². The van der Waals surface area contributed by atoms with Gasteiger partial charge in [0, 0.05) is 0 Å². The summed E-state index contributed by atoms with van der Waals surface area (Å²) in [6.07, 6.45) is 2.20. The van der Waals surface area contributed by atoms with Crippen molar-refractivity contribution < 1.29 is 9.84 Å². The molecule has 0 aliphatic carbocycles. The van der Waals surface area contributed by atoms with E-state index in [0.717, 1.165) is 16.9 Å². The van der Waals surface area contributed by atoms with Gasteiger partial charge in [-0.05, 0) is 43.0 Å². The predicted octanol–water partition coefficient (Wildman–Crippen LogP) is 3.51. The van der Waals surface area contributed by atoms with Gasteiger partial charge in [-0.1, -0.05) is 32.1 Å². The van der Waals surface area contributed by atoms with Gasteiger partial charge in [-0.25, -0.2) is 0 Å². The van der Waals surface area contributed by atoms with Crippen LogP contribution in [0.2, 0.25) is 0 Å². The number of rotatable bonds is 5. The lowest BCUT2D eigenvalue weighted by molar-refractivity contribution is 0.242. The Balaban J connectivity index is 2.91. The predicted molar refractivity (Wildman–Crippen MR) is 72.1 cm³/mol. The highest BCUT2D eigenvalue weighted by atomic mass is 16.5. The standard InChI is InChI=1S/C15H22O2/c1-11(2)14(10-16)8-13-6-5-7-15(9-13)17-12(3)4/h5-9,11-12,16H,10H2,1-4H3. The maximum Gasteiger partial charge on any atom is 0.120 e. The molecular weight excluding hydrogens is 212 g/mol. The normalized spacial score (nSPS) is 12.3. The van der Waals surface area contributed by atoms with Gasteiger partial charge in [0.15, 0.2) is 0 Å². The van der Waals surface area contributed by atoms with E-state index in [2.05, 4.69) is 13.8 Å². The molecule has 0 bridgehead atoms. The summed E-state index contributed by atoms with van der Waals surface area (Å²) in [7, 11) is 0. The van der Waals surface area contributed by atoms with Crippen LogP contribution in [0.25, 0.3) is 6.08 Å². The molecule has 0 fully saturated rings. The Morgan fingerprint density at radius 3 is 2.53 bits per heavy atom. The molecule has 94 valence electrons. The van der Waals surface area contributed by atoms with E-state index in [1.165, 1.54) is 0 Å². The molecule has 0 heterocycles. The monoisotopic (exact) mass is 234 g/mol. The first-order chi connectivity index (χ1) is 8.02. The third-order valence-corrected chi connectivity index (χ3v) is 2.51. The Morgan fingerprint density at radius 1 is 1.29 bits per heavy atom. The van der Waals surface area contributed by atoms with Gasteiger partial charge in [-0.3, -0.25) is 0 Å². The molecular formula is C15H22O2. The maximum absolute atomic E-state index is 9.27. The highest BCUT2D eigenvalue weighted by Crippen LogP contribution is 2.19. The van der Waals surface area contributed by atoms with Crippen molar-refractivity contribution in [1.29, 1.82) is 0 Å². The van der Waals surface area contributed by atoms with Crippen LogP contribution in [0.5, 0.6) is 5.75 Å². The van der Waals surface area contributed by atoms with Gasteiger partial charge >= 0.3 is 0 Å². The Kier molecular flexibility index (Phi) is 5.23. The summed E-state index contributed by atoms with van der Waals surface area (Å²) in [6, 6.07) is 7.94. The molecule has 17 heavy (non-hydrogen) atoms. The molecule has 0 aromatic heterocycles. The Bertz CT molecular complexity index is 378.